The first-order valence-corrected chi connectivity index (χ1v) is 7.82. The lowest BCUT2D eigenvalue weighted by Gasteiger charge is -2.23. The summed E-state index contributed by atoms with van der Waals surface area (Å²) >= 11 is 0. The molecule has 1 aromatic carbocycles. The van der Waals surface area contributed by atoms with Crippen LogP contribution in [-0.2, 0) is 4.57 Å². The van der Waals surface area contributed by atoms with Crippen LogP contribution in [-0.4, -0.2) is 17.0 Å². The van der Waals surface area contributed by atoms with Crippen LogP contribution in [0, 0.1) is 0 Å². The molecule has 20 heavy (non-hydrogen) atoms. The number of aliphatic hydroxyl groups is 1. The van der Waals surface area contributed by atoms with Gasteiger partial charge >= 0.3 is 8.03 Å². The molecular formula is C15H21NO3P+. The maximum Gasteiger partial charge on any atom is 0.349 e. The molecular weight excluding hydrogens is 273 g/mol. The van der Waals surface area contributed by atoms with Gasteiger partial charge in [0.15, 0.2) is 0 Å². The molecule has 2 rings (SSSR count). The van der Waals surface area contributed by atoms with Crippen LogP contribution in [0.15, 0.2) is 48.6 Å². The first kappa shape index (κ1) is 16.7. The van der Waals surface area contributed by atoms with E-state index in [1.54, 1.807) is 30.4 Å². The fourth-order valence-electron chi connectivity index (χ4n) is 1.76. The minimum absolute atomic E-state index is 0.104. The summed E-state index contributed by atoms with van der Waals surface area (Å²) in [5.74, 6) is 0. The lowest BCUT2D eigenvalue weighted by Crippen LogP contribution is -2.49. The van der Waals surface area contributed by atoms with Crippen LogP contribution in [0.2, 0.25) is 0 Å². The Bertz CT molecular complexity index is 497. The molecule has 0 radical (unpaired) electrons. The maximum absolute atomic E-state index is 11.2. The van der Waals surface area contributed by atoms with E-state index in [4.69, 9.17) is 0 Å². The van der Waals surface area contributed by atoms with Crippen molar-refractivity contribution in [2.75, 3.05) is 6.54 Å². The Morgan fingerprint density at radius 1 is 1.40 bits per heavy atom. The highest BCUT2D eigenvalue weighted by Gasteiger charge is 2.45. The second-order valence-corrected chi connectivity index (χ2v) is 5.76. The van der Waals surface area contributed by atoms with Crippen molar-refractivity contribution < 1.29 is 20.3 Å². The van der Waals surface area contributed by atoms with Crippen LogP contribution in [0.3, 0.4) is 0 Å². The molecule has 4 N–H and O–H groups in total. The fourth-order valence-corrected chi connectivity index (χ4v) is 2.41. The topological polar surface area (TPSA) is 88.0 Å². The lowest BCUT2D eigenvalue weighted by atomic mass is 9.94. The molecule has 0 fully saturated rings. The van der Waals surface area contributed by atoms with Gasteiger partial charge in [0, 0.05) is 12.0 Å². The molecule has 0 saturated carbocycles. The van der Waals surface area contributed by atoms with Gasteiger partial charge in [-0.2, -0.15) is 0 Å². The van der Waals surface area contributed by atoms with Crippen LogP contribution in [0.5, 0.6) is 0 Å². The van der Waals surface area contributed by atoms with Gasteiger partial charge < -0.3 is 15.7 Å². The third kappa shape index (κ3) is 4.09. The van der Waals surface area contributed by atoms with Gasteiger partial charge in [0.1, 0.15) is 0 Å². The fraction of sp³-hybridized carbons (Fsp3) is 0.333. The van der Waals surface area contributed by atoms with Crippen molar-refractivity contribution in [3.8, 4) is 0 Å². The normalized spacial score (nSPS) is 21.6. The van der Waals surface area contributed by atoms with Crippen LogP contribution in [0.1, 0.15) is 25.3 Å². The van der Waals surface area contributed by atoms with Crippen molar-refractivity contribution in [2.24, 2.45) is 0 Å². The number of quaternary nitrogens is 1. The van der Waals surface area contributed by atoms with Crippen LogP contribution in [0.4, 0.5) is 0 Å². The number of hydrogen-bond acceptors (Lipinski definition) is 3. The minimum Gasteiger partial charge on any atom is -0.593 e. The molecule has 1 aromatic rings. The van der Waals surface area contributed by atoms with Crippen LogP contribution >= 0.6 is 8.03 Å². The van der Waals surface area contributed by atoms with E-state index in [0.717, 1.165) is 12.1 Å². The van der Waals surface area contributed by atoms with Crippen molar-refractivity contribution in [1.82, 2.24) is 0 Å². The van der Waals surface area contributed by atoms with Gasteiger partial charge in [-0.3, -0.25) is 0 Å². The van der Waals surface area contributed by atoms with Crippen molar-refractivity contribution in [2.45, 2.75) is 25.1 Å². The smallest absolute Gasteiger partial charge is 0.349 e. The average molecular weight is 294 g/mol. The summed E-state index contributed by atoms with van der Waals surface area (Å²) in [5, 5.41) is 8.37. The highest BCUT2D eigenvalue weighted by Crippen LogP contribution is 2.45. The molecule has 4 nitrogen and oxygen atoms in total. The number of rotatable bonds is 3. The van der Waals surface area contributed by atoms with Gasteiger partial charge in [-0.05, 0) is 12.0 Å². The SMILES string of the molecule is CCC[NH3+].O=[P+]([O-])C1(O)CC=CC=C1c1ccccc1. The molecule has 0 amide bonds. The van der Waals surface area contributed by atoms with E-state index in [-0.39, 0.29) is 6.42 Å². The minimum atomic E-state index is -2.93. The Balaban J connectivity index is 0.000000444. The van der Waals surface area contributed by atoms with Crippen molar-refractivity contribution in [1.29, 1.82) is 0 Å². The third-order valence-corrected chi connectivity index (χ3v) is 4.00. The Morgan fingerprint density at radius 2 is 2.00 bits per heavy atom. The maximum atomic E-state index is 11.2. The molecule has 108 valence electrons. The second-order valence-electron chi connectivity index (χ2n) is 4.51. The predicted molar refractivity (Wildman–Crippen MR) is 78.8 cm³/mol. The van der Waals surface area contributed by atoms with E-state index in [1.165, 1.54) is 6.42 Å². The van der Waals surface area contributed by atoms with Gasteiger partial charge in [-0.25, -0.2) is 0 Å². The molecule has 0 spiro atoms. The predicted octanol–water partition coefficient (Wildman–Crippen LogP) is 1.46. The van der Waals surface area contributed by atoms with Gasteiger partial charge in [-0.15, -0.1) is 0 Å². The van der Waals surface area contributed by atoms with Crippen LogP contribution in [0.25, 0.3) is 5.57 Å². The number of benzene rings is 1. The van der Waals surface area contributed by atoms with E-state index in [9.17, 15) is 14.6 Å². The van der Waals surface area contributed by atoms with Gasteiger partial charge in [0.2, 0.25) is 0 Å². The molecule has 2 atom stereocenters. The zero-order valence-electron chi connectivity index (χ0n) is 11.7. The quantitative estimate of drug-likeness (QED) is 0.827. The molecule has 0 bridgehead atoms. The van der Waals surface area contributed by atoms with E-state index in [2.05, 4.69) is 12.7 Å². The van der Waals surface area contributed by atoms with Crippen molar-refractivity contribution in [3.05, 3.63) is 54.1 Å². The lowest BCUT2D eigenvalue weighted by molar-refractivity contribution is -0.367. The Kier molecular flexibility index (Phi) is 6.76. The number of hydrogen-bond donors (Lipinski definition) is 2. The summed E-state index contributed by atoms with van der Waals surface area (Å²) in [6.45, 7) is 3.19. The number of allylic oxidation sites excluding steroid dienone is 2. The molecule has 0 aliphatic heterocycles. The van der Waals surface area contributed by atoms with Crippen molar-refractivity contribution in [3.63, 3.8) is 0 Å². The van der Waals surface area contributed by atoms with Crippen molar-refractivity contribution >= 4 is 13.6 Å². The molecule has 0 heterocycles. The summed E-state index contributed by atoms with van der Waals surface area (Å²) in [6, 6.07) is 9.04. The standard InChI is InChI=1S/C12H11O3P.C3H9N/c13-12(16(14)15)9-5-4-8-11(12)10-6-2-1-3-7-10;1-2-3-4/h1-8,13H,9H2;2-4H2,1H3/p+1. The second kappa shape index (κ2) is 8.08. The Morgan fingerprint density at radius 3 is 2.50 bits per heavy atom. The molecule has 2 unspecified atom stereocenters. The summed E-state index contributed by atoms with van der Waals surface area (Å²) in [6.07, 6.45) is 6.36. The molecule has 0 aromatic heterocycles. The monoisotopic (exact) mass is 294 g/mol. The Labute approximate surface area is 120 Å². The first-order valence-electron chi connectivity index (χ1n) is 6.65. The largest absolute Gasteiger partial charge is 0.593 e. The Hall–Kier alpha value is -1.32. The molecule has 1 aliphatic carbocycles. The molecule has 5 heteroatoms. The third-order valence-electron chi connectivity index (χ3n) is 2.97. The van der Waals surface area contributed by atoms with Crippen LogP contribution < -0.4 is 10.6 Å². The average Bonchev–Trinajstić information content (AvgIpc) is 2.49. The van der Waals surface area contributed by atoms with Gasteiger partial charge in [0.25, 0.3) is 5.34 Å². The molecule has 1 aliphatic rings. The summed E-state index contributed by atoms with van der Waals surface area (Å²) in [4.78, 5) is 11.2. The highest BCUT2D eigenvalue weighted by atomic mass is 31.1. The zero-order chi connectivity index (χ0) is 15.0. The highest BCUT2D eigenvalue weighted by molar-refractivity contribution is 7.39. The van der Waals surface area contributed by atoms with Gasteiger partial charge in [0.05, 0.1) is 6.54 Å². The van der Waals surface area contributed by atoms with Gasteiger partial charge in [-0.1, -0.05) is 60.0 Å². The van der Waals surface area contributed by atoms with E-state index in [0.29, 0.717) is 5.57 Å². The van der Waals surface area contributed by atoms with E-state index < -0.39 is 13.4 Å². The zero-order valence-corrected chi connectivity index (χ0v) is 12.6. The summed E-state index contributed by atoms with van der Waals surface area (Å²) in [7, 11) is -2.93. The molecule has 0 saturated heterocycles. The summed E-state index contributed by atoms with van der Waals surface area (Å²) in [5.41, 5.74) is 4.77. The van der Waals surface area contributed by atoms with E-state index >= 15 is 0 Å². The first-order chi connectivity index (χ1) is 9.56. The van der Waals surface area contributed by atoms with E-state index in [1.807, 2.05) is 18.2 Å². The summed E-state index contributed by atoms with van der Waals surface area (Å²) < 4.78 is 11.2.